The molecule has 0 saturated carbocycles. The molecule has 3 nitrogen and oxygen atoms in total. The first kappa shape index (κ1) is 20.5. The highest BCUT2D eigenvalue weighted by molar-refractivity contribution is 6.31. The highest BCUT2D eigenvalue weighted by Gasteiger charge is 2.11. The summed E-state index contributed by atoms with van der Waals surface area (Å²) < 4.78 is 11.5. The highest BCUT2D eigenvalue weighted by atomic mass is 35.5. The van der Waals surface area contributed by atoms with E-state index in [9.17, 15) is 0 Å². The molecule has 0 fully saturated rings. The van der Waals surface area contributed by atoms with Crippen molar-refractivity contribution in [2.75, 3.05) is 7.11 Å². The Morgan fingerprint density at radius 3 is 2.36 bits per heavy atom. The lowest BCUT2D eigenvalue weighted by atomic mass is 10.1. The van der Waals surface area contributed by atoms with E-state index in [1.807, 2.05) is 48.5 Å². The van der Waals surface area contributed by atoms with Gasteiger partial charge in [-0.3, -0.25) is 0 Å². The van der Waals surface area contributed by atoms with Crippen LogP contribution in [0.15, 0.2) is 60.7 Å². The van der Waals surface area contributed by atoms with Crippen molar-refractivity contribution in [1.29, 1.82) is 0 Å². The molecule has 0 aromatic heterocycles. The van der Waals surface area contributed by atoms with Crippen LogP contribution in [0, 0.1) is 6.92 Å². The van der Waals surface area contributed by atoms with Crippen LogP contribution in [0.1, 0.15) is 22.3 Å². The van der Waals surface area contributed by atoms with Crippen molar-refractivity contribution >= 4 is 23.2 Å². The highest BCUT2D eigenvalue weighted by Crippen LogP contribution is 2.34. The molecule has 0 radical (unpaired) electrons. The maximum atomic E-state index is 6.48. The van der Waals surface area contributed by atoms with E-state index in [1.54, 1.807) is 7.11 Å². The van der Waals surface area contributed by atoms with Crippen molar-refractivity contribution in [1.82, 2.24) is 5.32 Å². The van der Waals surface area contributed by atoms with Gasteiger partial charge in [0.15, 0.2) is 11.5 Å². The first-order chi connectivity index (χ1) is 13.6. The quantitative estimate of drug-likeness (QED) is 0.476. The van der Waals surface area contributed by atoms with Gasteiger partial charge in [0.2, 0.25) is 0 Å². The van der Waals surface area contributed by atoms with E-state index < -0.39 is 0 Å². The number of halogens is 2. The molecule has 28 heavy (non-hydrogen) atoms. The molecule has 0 aliphatic rings. The number of ether oxygens (including phenoxy) is 2. The summed E-state index contributed by atoms with van der Waals surface area (Å²) in [7, 11) is 1.63. The fraction of sp³-hybridized carbons (Fsp3) is 0.217. The normalized spacial score (nSPS) is 10.7. The average molecular weight is 416 g/mol. The van der Waals surface area contributed by atoms with E-state index in [0.717, 1.165) is 21.7 Å². The molecule has 0 saturated heterocycles. The fourth-order valence-electron chi connectivity index (χ4n) is 2.92. The van der Waals surface area contributed by atoms with Crippen molar-refractivity contribution in [3.05, 3.63) is 93.0 Å². The molecular formula is C23H23Cl2NO2. The van der Waals surface area contributed by atoms with E-state index in [1.165, 1.54) is 5.56 Å². The van der Waals surface area contributed by atoms with Gasteiger partial charge < -0.3 is 14.8 Å². The van der Waals surface area contributed by atoms with Gasteiger partial charge in [-0.05, 0) is 35.7 Å². The van der Waals surface area contributed by atoms with Crippen molar-refractivity contribution in [2.24, 2.45) is 0 Å². The van der Waals surface area contributed by atoms with Crippen LogP contribution in [0.2, 0.25) is 10.0 Å². The summed E-state index contributed by atoms with van der Waals surface area (Å²) in [6, 6.07) is 19.7. The van der Waals surface area contributed by atoms with Gasteiger partial charge in [-0.1, -0.05) is 71.2 Å². The molecule has 5 heteroatoms. The summed E-state index contributed by atoms with van der Waals surface area (Å²) in [5, 5.41) is 4.75. The predicted octanol–water partition coefficient (Wildman–Crippen LogP) is 6.18. The van der Waals surface area contributed by atoms with Gasteiger partial charge in [0.25, 0.3) is 0 Å². The maximum absolute atomic E-state index is 6.48. The lowest BCUT2D eigenvalue weighted by molar-refractivity contribution is 0.284. The Hall–Kier alpha value is -2.20. The SMILES string of the molecule is COc1cc(CNCc2ccccc2Cl)c(Cl)cc1OCc1cccc(C)c1. The summed E-state index contributed by atoms with van der Waals surface area (Å²) in [6.45, 7) is 3.77. The van der Waals surface area contributed by atoms with E-state index >= 15 is 0 Å². The first-order valence-electron chi connectivity index (χ1n) is 9.05. The molecule has 0 aliphatic heterocycles. The number of benzene rings is 3. The molecular weight excluding hydrogens is 393 g/mol. The van der Waals surface area contributed by atoms with Gasteiger partial charge in [-0.2, -0.15) is 0 Å². The molecule has 3 aromatic carbocycles. The molecule has 146 valence electrons. The second-order valence-corrected chi connectivity index (χ2v) is 7.38. The number of hydrogen-bond acceptors (Lipinski definition) is 3. The molecule has 3 rings (SSSR count). The van der Waals surface area contributed by atoms with Crippen molar-refractivity contribution < 1.29 is 9.47 Å². The molecule has 0 aliphatic carbocycles. The Bertz CT molecular complexity index is 944. The molecule has 3 aromatic rings. The monoisotopic (exact) mass is 415 g/mol. The van der Waals surface area contributed by atoms with Gasteiger partial charge in [0, 0.05) is 29.2 Å². The number of rotatable bonds is 8. The summed E-state index contributed by atoms with van der Waals surface area (Å²) in [5.41, 5.74) is 4.29. The minimum atomic E-state index is 0.457. The zero-order chi connectivity index (χ0) is 19.9. The molecule has 0 spiro atoms. The summed E-state index contributed by atoms with van der Waals surface area (Å²) in [6.07, 6.45) is 0. The third kappa shape index (κ3) is 5.41. The number of methoxy groups -OCH3 is 1. The zero-order valence-electron chi connectivity index (χ0n) is 16.0. The van der Waals surface area contributed by atoms with Crippen molar-refractivity contribution in [3.63, 3.8) is 0 Å². The third-order valence-electron chi connectivity index (χ3n) is 4.40. The standard InChI is InChI=1S/C23H23Cl2NO2/c1-16-6-5-7-17(10-16)15-28-23-12-21(25)19(11-22(23)27-2)14-26-13-18-8-3-4-9-20(18)24/h3-12,26H,13-15H2,1-2H3. The molecule has 0 atom stereocenters. The van der Waals surface area contributed by atoms with Crippen LogP contribution in [0.4, 0.5) is 0 Å². The van der Waals surface area contributed by atoms with Gasteiger partial charge in [-0.25, -0.2) is 0 Å². The van der Waals surface area contributed by atoms with Crippen molar-refractivity contribution in [2.45, 2.75) is 26.6 Å². The van der Waals surface area contributed by atoms with Gasteiger partial charge >= 0.3 is 0 Å². The first-order valence-corrected chi connectivity index (χ1v) is 9.81. The van der Waals surface area contributed by atoms with Gasteiger partial charge in [-0.15, -0.1) is 0 Å². The Labute approximate surface area is 176 Å². The van der Waals surface area contributed by atoms with Crippen LogP contribution in [0.5, 0.6) is 11.5 Å². The van der Waals surface area contributed by atoms with Crippen molar-refractivity contribution in [3.8, 4) is 11.5 Å². The summed E-state index contributed by atoms with van der Waals surface area (Å²) in [4.78, 5) is 0. The second kappa shape index (κ2) is 9.83. The Balaban J connectivity index is 1.66. The van der Waals surface area contributed by atoms with Gasteiger partial charge in [0.05, 0.1) is 7.11 Å². The fourth-order valence-corrected chi connectivity index (χ4v) is 3.34. The topological polar surface area (TPSA) is 30.5 Å². The Morgan fingerprint density at radius 1 is 0.821 bits per heavy atom. The van der Waals surface area contributed by atoms with Crippen LogP contribution in [-0.4, -0.2) is 7.11 Å². The minimum Gasteiger partial charge on any atom is -0.493 e. The van der Waals surface area contributed by atoms with Gasteiger partial charge in [0.1, 0.15) is 6.61 Å². The van der Waals surface area contributed by atoms with E-state index in [4.69, 9.17) is 32.7 Å². The van der Waals surface area contributed by atoms with Crippen LogP contribution >= 0.6 is 23.2 Å². The van der Waals surface area contributed by atoms with E-state index in [-0.39, 0.29) is 0 Å². The molecule has 0 unspecified atom stereocenters. The lowest BCUT2D eigenvalue weighted by Gasteiger charge is -2.15. The molecule has 1 N–H and O–H groups in total. The lowest BCUT2D eigenvalue weighted by Crippen LogP contribution is -2.13. The van der Waals surface area contributed by atoms with E-state index in [2.05, 4.69) is 24.4 Å². The number of nitrogens with one attached hydrogen (secondary N) is 1. The Morgan fingerprint density at radius 2 is 1.61 bits per heavy atom. The number of hydrogen-bond donors (Lipinski definition) is 1. The predicted molar refractivity (Wildman–Crippen MR) is 116 cm³/mol. The Kier molecular flexibility index (Phi) is 7.21. The molecule has 0 heterocycles. The largest absolute Gasteiger partial charge is 0.493 e. The van der Waals surface area contributed by atoms with Crippen LogP contribution < -0.4 is 14.8 Å². The zero-order valence-corrected chi connectivity index (χ0v) is 17.5. The summed E-state index contributed by atoms with van der Waals surface area (Å²) >= 11 is 12.7. The van der Waals surface area contributed by atoms with Crippen LogP contribution in [0.25, 0.3) is 0 Å². The molecule has 0 amide bonds. The second-order valence-electron chi connectivity index (χ2n) is 6.57. The summed E-state index contributed by atoms with van der Waals surface area (Å²) in [5.74, 6) is 1.29. The molecule has 0 bridgehead atoms. The smallest absolute Gasteiger partial charge is 0.163 e. The number of aryl methyl sites for hydroxylation is 1. The minimum absolute atomic E-state index is 0.457. The van der Waals surface area contributed by atoms with Crippen LogP contribution in [-0.2, 0) is 19.7 Å². The average Bonchev–Trinajstić information content (AvgIpc) is 2.69. The van der Waals surface area contributed by atoms with E-state index in [0.29, 0.717) is 36.2 Å². The third-order valence-corrected chi connectivity index (χ3v) is 5.12. The maximum Gasteiger partial charge on any atom is 0.163 e. The van der Waals surface area contributed by atoms with Crippen LogP contribution in [0.3, 0.4) is 0 Å².